The number of nitrogens with zero attached hydrogens (tertiary/aromatic N) is 2. The fourth-order valence-electron chi connectivity index (χ4n) is 2.48. The lowest BCUT2D eigenvalue weighted by atomic mass is 10.2. The number of benzene rings is 2. The Morgan fingerprint density at radius 2 is 1.92 bits per heavy atom. The molecule has 0 spiro atoms. The van der Waals surface area contributed by atoms with Crippen LogP contribution in [-0.4, -0.2) is 16.8 Å². The molecule has 2 heterocycles. The lowest BCUT2D eigenvalue weighted by Gasteiger charge is -2.10. The summed E-state index contributed by atoms with van der Waals surface area (Å²) in [5, 5.41) is 7.22. The normalized spacial score (nSPS) is 12.1. The van der Waals surface area contributed by atoms with E-state index in [4.69, 9.17) is 32.7 Å². The molecule has 1 aliphatic rings. The zero-order valence-electron chi connectivity index (χ0n) is 13.5. The summed E-state index contributed by atoms with van der Waals surface area (Å²) < 4.78 is 10.7. The number of aromatic nitrogens is 2. The first-order chi connectivity index (χ1) is 12.7. The lowest BCUT2D eigenvalue weighted by Crippen LogP contribution is -2.04. The van der Waals surface area contributed by atoms with E-state index in [0.717, 1.165) is 17.1 Å². The van der Waals surface area contributed by atoms with Gasteiger partial charge in [0.1, 0.15) is 5.82 Å². The van der Waals surface area contributed by atoms with Gasteiger partial charge in [-0.2, -0.15) is 4.98 Å². The number of hydrogen-bond acceptors (Lipinski definition) is 6. The molecule has 1 aromatic heterocycles. The Kier molecular flexibility index (Phi) is 4.69. The molecule has 1 aliphatic heterocycles. The van der Waals surface area contributed by atoms with Gasteiger partial charge in [-0.15, -0.1) is 0 Å². The maximum atomic E-state index is 6.18. The van der Waals surface area contributed by atoms with Crippen LogP contribution in [0.2, 0.25) is 10.0 Å². The fraction of sp³-hybridized carbons (Fsp3) is 0.111. The zero-order chi connectivity index (χ0) is 17.9. The summed E-state index contributed by atoms with van der Waals surface area (Å²) in [5.74, 6) is 2.62. The Bertz CT molecular complexity index is 952. The van der Waals surface area contributed by atoms with Crippen LogP contribution in [0.15, 0.2) is 48.7 Å². The molecule has 2 aromatic carbocycles. The van der Waals surface area contributed by atoms with Gasteiger partial charge in [0, 0.05) is 12.7 Å². The summed E-state index contributed by atoms with van der Waals surface area (Å²) in [6, 6.07) is 12.9. The largest absolute Gasteiger partial charge is 0.454 e. The molecular weight excluding hydrogens is 375 g/mol. The highest BCUT2D eigenvalue weighted by molar-refractivity contribution is 6.43. The van der Waals surface area contributed by atoms with Crippen molar-refractivity contribution in [2.75, 3.05) is 17.4 Å². The molecule has 6 nitrogen and oxygen atoms in total. The number of rotatable bonds is 5. The molecule has 0 atom stereocenters. The molecule has 3 aromatic rings. The maximum Gasteiger partial charge on any atom is 0.231 e. The van der Waals surface area contributed by atoms with Crippen molar-refractivity contribution in [3.05, 3.63) is 64.3 Å². The van der Waals surface area contributed by atoms with Crippen LogP contribution >= 0.6 is 23.2 Å². The van der Waals surface area contributed by atoms with E-state index in [2.05, 4.69) is 20.6 Å². The van der Waals surface area contributed by atoms with Gasteiger partial charge in [-0.25, -0.2) is 4.98 Å². The second-order valence-corrected chi connectivity index (χ2v) is 6.32. The SMILES string of the molecule is Clc1cccc(Nc2nccc(NCc3ccc4c(c3)OCO4)n2)c1Cl. The summed E-state index contributed by atoms with van der Waals surface area (Å²) in [7, 11) is 0. The minimum Gasteiger partial charge on any atom is -0.454 e. The highest BCUT2D eigenvalue weighted by Crippen LogP contribution is 2.33. The lowest BCUT2D eigenvalue weighted by molar-refractivity contribution is 0.174. The van der Waals surface area contributed by atoms with Gasteiger partial charge in [-0.05, 0) is 35.9 Å². The van der Waals surface area contributed by atoms with Crippen molar-refractivity contribution in [3.63, 3.8) is 0 Å². The van der Waals surface area contributed by atoms with Gasteiger partial charge in [0.15, 0.2) is 11.5 Å². The number of fused-ring (bicyclic) bond motifs is 1. The molecule has 0 unspecified atom stereocenters. The third-order valence-electron chi connectivity index (χ3n) is 3.76. The van der Waals surface area contributed by atoms with Crippen LogP contribution in [0.3, 0.4) is 0 Å². The maximum absolute atomic E-state index is 6.18. The summed E-state index contributed by atoms with van der Waals surface area (Å²) in [6.45, 7) is 0.851. The van der Waals surface area contributed by atoms with E-state index in [1.54, 1.807) is 24.4 Å². The third-order valence-corrected chi connectivity index (χ3v) is 4.58. The summed E-state index contributed by atoms with van der Waals surface area (Å²) in [6.07, 6.45) is 1.66. The molecule has 0 aliphatic carbocycles. The van der Waals surface area contributed by atoms with E-state index in [1.165, 1.54) is 0 Å². The second kappa shape index (κ2) is 7.27. The molecule has 0 radical (unpaired) electrons. The highest BCUT2D eigenvalue weighted by atomic mass is 35.5. The van der Waals surface area contributed by atoms with E-state index in [1.807, 2.05) is 24.3 Å². The summed E-state index contributed by atoms with van der Waals surface area (Å²) >= 11 is 12.2. The van der Waals surface area contributed by atoms with Gasteiger partial charge >= 0.3 is 0 Å². The van der Waals surface area contributed by atoms with Gasteiger partial charge in [0.25, 0.3) is 0 Å². The van der Waals surface area contributed by atoms with Crippen molar-refractivity contribution in [1.82, 2.24) is 9.97 Å². The zero-order valence-corrected chi connectivity index (χ0v) is 15.0. The number of anilines is 3. The number of halogens is 2. The Balaban J connectivity index is 1.45. The number of nitrogens with one attached hydrogen (secondary N) is 2. The Morgan fingerprint density at radius 3 is 2.85 bits per heavy atom. The number of ether oxygens (including phenoxy) is 2. The molecule has 0 saturated carbocycles. The Morgan fingerprint density at radius 1 is 1.04 bits per heavy atom. The van der Waals surface area contributed by atoms with Crippen molar-refractivity contribution in [3.8, 4) is 11.5 Å². The predicted octanol–water partition coefficient (Wildman–Crippen LogP) is 4.87. The van der Waals surface area contributed by atoms with Crippen molar-refractivity contribution >= 4 is 40.7 Å². The topological polar surface area (TPSA) is 68.3 Å². The van der Waals surface area contributed by atoms with Gasteiger partial charge in [0.05, 0.1) is 15.7 Å². The molecule has 4 rings (SSSR count). The van der Waals surface area contributed by atoms with Crippen LogP contribution in [0, 0.1) is 0 Å². The van der Waals surface area contributed by atoms with Crippen molar-refractivity contribution < 1.29 is 9.47 Å². The minimum atomic E-state index is 0.263. The molecule has 0 saturated heterocycles. The molecule has 132 valence electrons. The molecule has 26 heavy (non-hydrogen) atoms. The standard InChI is InChI=1S/C18H14Cl2N4O2/c19-12-2-1-3-13(17(12)20)23-18-21-7-6-16(24-18)22-9-11-4-5-14-15(8-11)26-10-25-14/h1-8H,9-10H2,(H2,21,22,23,24). The van der Waals surface area contributed by atoms with E-state index < -0.39 is 0 Å². The van der Waals surface area contributed by atoms with Crippen molar-refractivity contribution in [1.29, 1.82) is 0 Å². The fourth-order valence-corrected chi connectivity index (χ4v) is 2.83. The second-order valence-electron chi connectivity index (χ2n) is 5.53. The predicted molar refractivity (Wildman–Crippen MR) is 102 cm³/mol. The van der Waals surface area contributed by atoms with Crippen molar-refractivity contribution in [2.24, 2.45) is 0 Å². The molecule has 0 bridgehead atoms. The average molecular weight is 389 g/mol. The molecule has 0 fully saturated rings. The average Bonchev–Trinajstić information content (AvgIpc) is 3.12. The minimum absolute atomic E-state index is 0.263. The van der Waals surface area contributed by atoms with Gasteiger partial charge in [-0.3, -0.25) is 0 Å². The Labute approximate surface area is 160 Å². The molecule has 0 amide bonds. The highest BCUT2D eigenvalue weighted by Gasteiger charge is 2.13. The van der Waals surface area contributed by atoms with E-state index >= 15 is 0 Å². The number of hydrogen-bond donors (Lipinski definition) is 2. The summed E-state index contributed by atoms with van der Waals surface area (Å²) in [4.78, 5) is 8.64. The van der Waals surface area contributed by atoms with E-state index in [0.29, 0.717) is 34.0 Å². The first-order valence-corrected chi connectivity index (χ1v) is 8.61. The van der Waals surface area contributed by atoms with Crippen molar-refractivity contribution in [2.45, 2.75) is 6.54 Å². The van der Waals surface area contributed by atoms with Gasteiger partial charge < -0.3 is 20.1 Å². The first kappa shape index (κ1) is 16.8. The van der Waals surface area contributed by atoms with Crippen LogP contribution in [0.5, 0.6) is 11.5 Å². The van der Waals surface area contributed by atoms with E-state index in [-0.39, 0.29) is 6.79 Å². The van der Waals surface area contributed by atoms with Gasteiger partial charge in [0.2, 0.25) is 12.7 Å². The monoisotopic (exact) mass is 388 g/mol. The first-order valence-electron chi connectivity index (χ1n) is 7.85. The molecule has 2 N–H and O–H groups in total. The smallest absolute Gasteiger partial charge is 0.231 e. The third kappa shape index (κ3) is 3.61. The summed E-state index contributed by atoms with van der Waals surface area (Å²) in [5.41, 5.74) is 1.70. The van der Waals surface area contributed by atoms with Crippen LogP contribution in [-0.2, 0) is 6.54 Å². The molecule has 8 heteroatoms. The van der Waals surface area contributed by atoms with Gasteiger partial charge in [-0.1, -0.05) is 35.3 Å². The van der Waals surface area contributed by atoms with Crippen LogP contribution in [0.4, 0.5) is 17.5 Å². The quantitative estimate of drug-likeness (QED) is 0.649. The molecular formula is C18H14Cl2N4O2. The van der Waals surface area contributed by atoms with Crippen LogP contribution in [0.25, 0.3) is 0 Å². The van der Waals surface area contributed by atoms with E-state index in [9.17, 15) is 0 Å². The van der Waals surface area contributed by atoms with Crippen LogP contribution in [0.1, 0.15) is 5.56 Å². The van der Waals surface area contributed by atoms with Crippen LogP contribution < -0.4 is 20.1 Å². The Hall–Kier alpha value is -2.70.